The van der Waals surface area contributed by atoms with E-state index in [2.05, 4.69) is 19.0 Å². The summed E-state index contributed by atoms with van der Waals surface area (Å²) in [5.41, 5.74) is 3.38. The average Bonchev–Trinajstić information content (AvgIpc) is 3.23. The molecule has 2 aromatic carbocycles. The number of rotatable bonds is 13. The molecule has 0 aliphatic heterocycles. The Morgan fingerprint density at radius 2 is 1.73 bits per heavy atom. The fraction of sp³-hybridized carbons (Fsp3) is 0.440. The van der Waals surface area contributed by atoms with Gasteiger partial charge in [0.1, 0.15) is 5.75 Å². The Morgan fingerprint density at radius 3 is 2.33 bits per heavy atom. The van der Waals surface area contributed by atoms with Gasteiger partial charge in [-0.1, -0.05) is 25.4 Å². The van der Waals surface area contributed by atoms with Crippen LogP contribution in [-0.2, 0) is 24.1 Å². The van der Waals surface area contributed by atoms with Crippen LogP contribution in [0.2, 0.25) is 0 Å². The van der Waals surface area contributed by atoms with Crippen molar-refractivity contribution in [2.24, 2.45) is 0 Å². The SMILES string of the molecule is CCCc1c(OCCCOc2c(OC)cc(CC(=O)O)cc2OC)ccc2c(CC)noc12. The molecule has 1 aromatic heterocycles. The summed E-state index contributed by atoms with van der Waals surface area (Å²) < 4.78 is 28.4. The van der Waals surface area contributed by atoms with Gasteiger partial charge in [-0.25, -0.2) is 0 Å². The summed E-state index contributed by atoms with van der Waals surface area (Å²) in [5, 5.41) is 14.3. The number of aromatic nitrogens is 1. The third-order valence-corrected chi connectivity index (χ3v) is 5.28. The highest BCUT2D eigenvalue weighted by atomic mass is 16.5. The summed E-state index contributed by atoms with van der Waals surface area (Å²) in [6.45, 7) is 5.01. The van der Waals surface area contributed by atoms with E-state index >= 15 is 0 Å². The summed E-state index contributed by atoms with van der Waals surface area (Å²) in [7, 11) is 3.02. The van der Waals surface area contributed by atoms with Crippen LogP contribution in [0.3, 0.4) is 0 Å². The Labute approximate surface area is 193 Å². The van der Waals surface area contributed by atoms with E-state index in [9.17, 15) is 4.79 Å². The van der Waals surface area contributed by atoms with E-state index in [1.807, 2.05) is 12.1 Å². The summed E-state index contributed by atoms with van der Waals surface area (Å²) in [4.78, 5) is 11.0. The van der Waals surface area contributed by atoms with Crippen molar-refractivity contribution in [1.29, 1.82) is 0 Å². The van der Waals surface area contributed by atoms with E-state index in [1.165, 1.54) is 14.2 Å². The lowest BCUT2D eigenvalue weighted by atomic mass is 10.0. The van der Waals surface area contributed by atoms with Gasteiger partial charge in [-0.3, -0.25) is 4.79 Å². The summed E-state index contributed by atoms with van der Waals surface area (Å²) in [5.74, 6) is 1.17. The van der Waals surface area contributed by atoms with Crippen molar-refractivity contribution in [3.8, 4) is 23.0 Å². The van der Waals surface area contributed by atoms with Crippen molar-refractivity contribution in [3.05, 3.63) is 41.1 Å². The number of aryl methyl sites for hydroxylation is 2. The van der Waals surface area contributed by atoms with Crippen molar-refractivity contribution in [2.45, 2.75) is 46.0 Å². The van der Waals surface area contributed by atoms with Crippen LogP contribution in [0, 0.1) is 0 Å². The molecule has 0 aliphatic carbocycles. The zero-order valence-electron chi connectivity index (χ0n) is 19.6. The van der Waals surface area contributed by atoms with Crippen molar-refractivity contribution in [3.63, 3.8) is 0 Å². The van der Waals surface area contributed by atoms with Crippen LogP contribution >= 0.6 is 0 Å². The molecule has 1 heterocycles. The monoisotopic (exact) mass is 457 g/mol. The van der Waals surface area contributed by atoms with E-state index in [4.69, 9.17) is 28.6 Å². The maximum absolute atomic E-state index is 11.0. The molecule has 0 saturated carbocycles. The number of hydrogen-bond acceptors (Lipinski definition) is 7. The molecule has 0 fully saturated rings. The van der Waals surface area contributed by atoms with Gasteiger partial charge in [0.05, 0.1) is 39.5 Å². The molecule has 0 saturated heterocycles. The normalized spacial score (nSPS) is 10.9. The van der Waals surface area contributed by atoms with Gasteiger partial charge in [-0.2, -0.15) is 0 Å². The molecule has 178 valence electrons. The number of carboxylic acid groups (broad SMARTS) is 1. The van der Waals surface area contributed by atoms with Gasteiger partial charge < -0.3 is 28.6 Å². The lowest BCUT2D eigenvalue weighted by molar-refractivity contribution is -0.136. The topological polar surface area (TPSA) is 100 Å². The van der Waals surface area contributed by atoms with Crippen LogP contribution in [0.4, 0.5) is 0 Å². The quantitative estimate of drug-likeness (QED) is 0.364. The lowest BCUT2D eigenvalue weighted by Gasteiger charge is -2.16. The van der Waals surface area contributed by atoms with Crippen molar-refractivity contribution in [2.75, 3.05) is 27.4 Å². The van der Waals surface area contributed by atoms with Crippen LogP contribution in [0.1, 0.15) is 43.5 Å². The van der Waals surface area contributed by atoms with Gasteiger partial charge in [-0.05, 0) is 42.7 Å². The van der Waals surface area contributed by atoms with Crippen LogP contribution in [0.5, 0.6) is 23.0 Å². The number of carbonyl (C=O) groups is 1. The number of aliphatic carboxylic acids is 1. The van der Waals surface area contributed by atoms with Crippen molar-refractivity contribution in [1.82, 2.24) is 5.16 Å². The largest absolute Gasteiger partial charge is 0.493 e. The molecular weight excluding hydrogens is 426 g/mol. The number of methoxy groups -OCH3 is 2. The third-order valence-electron chi connectivity index (χ3n) is 5.28. The minimum Gasteiger partial charge on any atom is -0.493 e. The molecule has 8 nitrogen and oxygen atoms in total. The minimum atomic E-state index is -0.929. The van der Waals surface area contributed by atoms with Gasteiger partial charge in [0.15, 0.2) is 17.1 Å². The van der Waals surface area contributed by atoms with Gasteiger partial charge in [-0.15, -0.1) is 0 Å². The molecule has 0 unspecified atom stereocenters. The third kappa shape index (κ3) is 5.69. The van der Waals surface area contributed by atoms with Gasteiger partial charge in [0.2, 0.25) is 5.75 Å². The Hall–Kier alpha value is -3.42. The first-order valence-corrected chi connectivity index (χ1v) is 11.1. The number of benzene rings is 2. The Kier molecular flexibility index (Phi) is 8.40. The average molecular weight is 458 g/mol. The Morgan fingerprint density at radius 1 is 1.03 bits per heavy atom. The molecule has 3 aromatic rings. The van der Waals surface area contributed by atoms with Crippen LogP contribution in [-0.4, -0.2) is 43.7 Å². The minimum absolute atomic E-state index is 0.129. The van der Waals surface area contributed by atoms with E-state index in [1.54, 1.807) is 12.1 Å². The zero-order chi connectivity index (χ0) is 23.8. The molecule has 0 bridgehead atoms. The second-order valence-corrected chi connectivity index (χ2v) is 7.60. The van der Waals surface area contributed by atoms with E-state index in [0.29, 0.717) is 42.4 Å². The molecule has 3 rings (SSSR count). The summed E-state index contributed by atoms with van der Waals surface area (Å²) in [6.07, 6.45) is 3.14. The maximum Gasteiger partial charge on any atom is 0.307 e. The standard InChI is InChI=1S/C25H31NO7/c1-5-8-18-20(10-9-17-19(6-2)26-33-24(17)18)31-11-7-12-32-25-21(29-3)13-16(15-23(27)28)14-22(25)30-4/h9-10,13-14H,5-8,11-12,15H2,1-4H3,(H,27,28). The van der Waals surface area contributed by atoms with E-state index in [0.717, 1.165) is 47.2 Å². The molecule has 0 spiro atoms. The van der Waals surface area contributed by atoms with Crippen LogP contribution < -0.4 is 18.9 Å². The molecular formula is C25H31NO7. The summed E-state index contributed by atoms with van der Waals surface area (Å²) >= 11 is 0. The molecule has 0 aliphatic rings. The first-order chi connectivity index (χ1) is 16.0. The second-order valence-electron chi connectivity index (χ2n) is 7.60. The molecule has 33 heavy (non-hydrogen) atoms. The van der Waals surface area contributed by atoms with Gasteiger partial charge in [0, 0.05) is 17.4 Å². The van der Waals surface area contributed by atoms with Crippen molar-refractivity contribution < 1.29 is 33.4 Å². The highest BCUT2D eigenvalue weighted by Crippen LogP contribution is 2.39. The predicted molar refractivity (Wildman–Crippen MR) is 124 cm³/mol. The number of carboxylic acids is 1. The molecule has 0 amide bonds. The maximum atomic E-state index is 11.0. The fourth-order valence-corrected chi connectivity index (χ4v) is 3.74. The van der Waals surface area contributed by atoms with Crippen LogP contribution in [0.25, 0.3) is 11.0 Å². The lowest BCUT2D eigenvalue weighted by Crippen LogP contribution is -2.08. The molecule has 8 heteroatoms. The second kappa shape index (κ2) is 11.4. The first-order valence-electron chi connectivity index (χ1n) is 11.1. The molecule has 0 atom stereocenters. The molecule has 1 N–H and O–H groups in total. The van der Waals surface area contributed by atoms with E-state index < -0.39 is 5.97 Å². The number of ether oxygens (including phenoxy) is 4. The smallest absolute Gasteiger partial charge is 0.307 e. The fourth-order valence-electron chi connectivity index (χ4n) is 3.74. The Bertz CT molecular complexity index is 1060. The van der Waals surface area contributed by atoms with Gasteiger partial charge in [0.25, 0.3) is 0 Å². The first kappa shape index (κ1) is 24.2. The van der Waals surface area contributed by atoms with Crippen LogP contribution in [0.15, 0.2) is 28.8 Å². The Balaban J connectivity index is 1.64. The number of hydrogen-bond donors (Lipinski definition) is 1. The highest BCUT2D eigenvalue weighted by Gasteiger charge is 2.17. The van der Waals surface area contributed by atoms with Gasteiger partial charge >= 0.3 is 5.97 Å². The zero-order valence-corrected chi connectivity index (χ0v) is 19.6. The number of nitrogens with zero attached hydrogens (tertiary/aromatic N) is 1. The summed E-state index contributed by atoms with van der Waals surface area (Å²) in [6, 6.07) is 7.29. The number of fused-ring (bicyclic) bond motifs is 1. The highest BCUT2D eigenvalue weighted by molar-refractivity contribution is 5.84. The predicted octanol–water partition coefficient (Wildman–Crippen LogP) is 4.83. The van der Waals surface area contributed by atoms with Crippen molar-refractivity contribution >= 4 is 16.9 Å². The molecule has 0 radical (unpaired) electrons. The van der Waals surface area contributed by atoms with E-state index in [-0.39, 0.29) is 6.42 Å².